The molecule has 0 amide bonds. The lowest BCUT2D eigenvalue weighted by Gasteiger charge is -2.36. The molecule has 28 nitrogen and oxygen atoms in total. The molecule has 39 heteroatoms. The molecule has 4 saturated heterocycles. The van der Waals surface area contributed by atoms with Gasteiger partial charge in [-0.25, -0.2) is 39.9 Å². The molecule has 8 aliphatic rings. The number of fused-ring (bicyclic) bond motifs is 8. The number of benzene rings is 4. The Hall–Kier alpha value is -6.34. The number of carbonyl (C=O) groups is 1. The molecular weight excluding hydrogens is 2040 g/mol. The van der Waals surface area contributed by atoms with Crippen LogP contribution in [0.15, 0.2) is 152 Å². The summed E-state index contributed by atoms with van der Waals surface area (Å²) in [6.07, 6.45) is 12.4. The zero-order chi connectivity index (χ0) is 100. The lowest BCUT2D eigenvalue weighted by Crippen LogP contribution is -2.40. The van der Waals surface area contributed by atoms with Crippen LogP contribution < -0.4 is 0 Å². The first-order chi connectivity index (χ1) is 65.4. The summed E-state index contributed by atoms with van der Waals surface area (Å²) in [6, 6.07) is 29.0. The predicted molar refractivity (Wildman–Crippen MR) is 544 cm³/mol. The van der Waals surface area contributed by atoms with Crippen molar-refractivity contribution in [1.82, 2.24) is 58.1 Å². The Balaban J connectivity index is 0.000000128. The molecule has 5 N–H and O–H groups in total. The molecule has 12 heterocycles. The van der Waals surface area contributed by atoms with Gasteiger partial charge >= 0.3 is 0 Å². The van der Waals surface area contributed by atoms with Crippen molar-refractivity contribution in [2.75, 3.05) is 0 Å². The van der Waals surface area contributed by atoms with E-state index in [9.17, 15) is 30.3 Å². The van der Waals surface area contributed by atoms with Crippen molar-refractivity contribution in [3.05, 3.63) is 231 Å². The third-order valence-electron chi connectivity index (χ3n) is 29.0. The quantitative estimate of drug-likeness (QED) is 0.0285. The average molecular weight is 2160 g/mol. The van der Waals surface area contributed by atoms with E-state index >= 15 is 0 Å². The van der Waals surface area contributed by atoms with Crippen LogP contribution in [-0.4, -0.2) is 179 Å². The van der Waals surface area contributed by atoms with E-state index in [4.69, 9.17) is 140 Å². The van der Waals surface area contributed by atoms with Crippen molar-refractivity contribution < 1.29 is 77.1 Å². The first kappa shape index (κ1) is 105. The molecular formula is C100H119BrCl8N12O16Si2. The molecule has 139 heavy (non-hydrogen) atoms. The maximum Gasteiger partial charge on any atom is 0.192 e. The third kappa shape index (κ3) is 21.9. The highest BCUT2D eigenvalue weighted by Gasteiger charge is 2.61. The molecule has 12 aromatic rings. The zero-order valence-corrected chi connectivity index (χ0v) is 90.2. The van der Waals surface area contributed by atoms with E-state index in [-0.39, 0.29) is 120 Å². The van der Waals surface area contributed by atoms with Gasteiger partial charge in [-0.15, -0.1) is 0 Å². The number of aromatic nitrogens is 12. The maximum atomic E-state index is 11.9. The van der Waals surface area contributed by atoms with Gasteiger partial charge in [-0.3, -0.25) is 0 Å². The second-order valence-electron chi connectivity index (χ2n) is 41.8. The molecule has 19 atom stereocenters. The van der Waals surface area contributed by atoms with E-state index < -0.39 is 58.1 Å². The van der Waals surface area contributed by atoms with E-state index in [2.05, 4.69) is 128 Å². The fraction of sp³-hybridized carbons (Fsp3) is 0.510. The first-order valence-corrected chi connectivity index (χ1v) is 56.1. The summed E-state index contributed by atoms with van der Waals surface area (Å²) in [5, 5.41) is 61.7. The Morgan fingerprint density at radius 2 is 0.647 bits per heavy atom. The number of carbonyl (C=O) groups excluding carboxylic acids is 1. The smallest absolute Gasteiger partial charge is 0.192 e. The number of aliphatic hydroxyl groups excluding tert-OH is 5. The predicted octanol–water partition coefficient (Wildman–Crippen LogP) is 23.2. The summed E-state index contributed by atoms with van der Waals surface area (Å²) >= 11 is 53.0. The first-order valence-electron chi connectivity index (χ1n) is 46.5. The molecule has 0 spiro atoms. The van der Waals surface area contributed by atoms with Crippen LogP contribution in [0.25, 0.3) is 44.1 Å². The lowest BCUT2D eigenvalue weighted by molar-refractivity contribution is -0.165. The number of aliphatic hydroxyl groups is 5. The van der Waals surface area contributed by atoms with Crippen LogP contribution in [0.3, 0.4) is 0 Å². The number of rotatable bonds is 19. The van der Waals surface area contributed by atoms with Gasteiger partial charge in [-0.1, -0.05) is 168 Å². The highest BCUT2D eigenvalue weighted by atomic mass is 79.9. The molecule has 8 aromatic heterocycles. The van der Waals surface area contributed by atoms with Gasteiger partial charge in [0.1, 0.15) is 99.2 Å². The van der Waals surface area contributed by atoms with Gasteiger partial charge in [-0.2, -0.15) is 0 Å². The Morgan fingerprint density at radius 1 is 0.388 bits per heavy atom. The fourth-order valence-corrected chi connectivity index (χ4v) is 24.0. The van der Waals surface area contributed by atoms with Crippen molar-refractivity contribution in [2.45, 2.75) is 300 Å². The van der Waals surface area contributed by atoms with Crippen molar-refractivity contribution in [2.24, 2.45) is 23.7 Å². The van der Waals surface area contributed by atoms with Gasteiger partial charge in [0.25, 0.3) is 0 Å². The minimum absolute atomic E-state index is 0.00885. The standard InChI is InChI=1S/C28H37Cl2N3O4Si.2C22H23Cl2N3O4.C15H16ClN3O3.C13H20BrClOSi/c1-27(2,3)38(6,7)35-14-16-12-17(29)8-9-18(16)22(34)20-13-21(24-23(20)36-28(4,5)37-24)33-11-10-19-25(30)31-15-32-26(19)33;2*1-22(2)30-18-15(17(29)13-4-3-12(23)7-11(13)9-28)8-16(19(18)31-22)27-6-5-14-20(24)25-10-26-21(14)27;1-15(2)21-11-8(6-20)5-10(12(11)22-15)19-4-3-9-13(16)17-7-18-14(9)19;1-13(2,3)17(4,5)16-9-10-8-11(15)6-7-12(10)14/h8-12,15,20-24,34H,13-14H2,1-7H3;2*3-7,10,15-19,28-29H,8-9H2,1-2H3;3-4,6-8,10-12H,5H2,1-2H3;6-8H,9H2,1-5H3/t20-,21-,22?,23-,24+;15-,16-,17+,18-,19+;15-,16-,17-,18-,19+;8-,10-,11-,12+;/m1111./s1. The van der Waals surface area contributed by atoms with Gasteiger partial charge in [0.15, 0.2) is 39.8 Å². The second-order valence-corrected chi connectivity index (χ2v) is 55.4. The van der Waals surface area contributed by atoms with E-state index in [0.717, 1.165) is 76.6 Å². The summed E-state index contributed by atoms with van der Waals surface area (Å²) in [7, 11) is -3.70. The SMILES string of the molecule is CC(C)(C)[Si](C)(C)OCc1cc(Cl)ccc1Br.CC1(C)O[C@@H]2[C@@H]([C@@H](O)c3ccc(Cl)cc3CO)C[C@@H](n3ccc4c(Cl)ncnc43)[C@@H]2O1.CC1(C)O[C@@H]2[C@@H]([C@H](O)c3ccc(Cl)cc3CO)C[C@@H](n3ccc4c(Cl)ncnc43)[C@@H]2O1.CC1(C)O[C@@H]2[C@H](O1)[C@@H](C(O)c1ccc(Cl)cc1CO[Si](C)(C)C(C)(C)C)C[C@H]2n1ccc2c(Cl)ncnc21.CC1(C)O[C@@H]2[C@H](O1)[C@@H](C=O)C[C@H]2n1ccc2c(Cl)ncnc21. The van der Waals surface area contributed by atoms with E-state index in [1.807, 2.05) is 155 Å². The average Bonchev–Trinajstić information content (AvgIpc) is 1.59. The lowest BCUT2D eigenvalue weighted by atomic mass is 9.89. The summed E-state index contributed by atoms with van der Waals surface area (Å²) in [6.45, 7) is 38.0. The van der Waals surface area contributed by atoms with Crippen molar-refractivity contribution in [1.29, 1.82) is 0 Å². The molecule has 8 fully saturated rings. The molecule has 0 bridgehead atoms. The van der Waals surface area contributed by atoms with Crippen LogP contribution in [0.5, 0.6) is 0 Å². The van der Waals surface area contributed by atoms with Gasteiger partial charge in [0.05, 0.1) is 115 Å². The van der Waals surface area contributed by atoms with Crippen LogP contribution in [0.4, 0.5) is 0 Å². The van der Waals surface area contributed by atoms with Crippen LogP contribution in [0, 0.1) is 23.7 Å². The minimum Gasteiger partial charge on any atom is -0.413 e. The highest BCUT2D eigenvalue weighted by molar-refractivity contribution is 9.10. The van der Waals surface area contributed by atoms with E-state index in [0.29, 0.717) is 96.8 Å². The molecule has 20 rings (SSSR count). The normalized spacial score (nSPS) is 26.6. The summed E-state index contributed by atoms with van der Waals surface area (Å²) in [5.74, 6) is -3.89. The molecule has 4 saturated carbocycles. The summed E-state index contributed by atoms with van der Waals surface area (Å²) < 4.78 is 71.8. The van der Waals surface area contributed by atoms with Crippen LogP contribution >= 0.6 is 109 Å². The van der Waals surface area contributed by atoms with Gasteiger partial charge in [0, 0.05) is 73.0 Å². The fourth-order valence-electron chi connectivity index (χ4n) is 20.2. The zero-order valence-electron chi connectivity index (χ0n) is 80.6. The van der Waals surface area contributed by atoms with E-state index in [1.54, 1.807) is 36.4 Å². The summed E-state index contributed by atoms with van der Waals surface area (Å²) in [4.78, 5) is 45.3. The topological polar surface area (TPSA) is 333 Å². The molecule has 4 aliphatic heterocycles. The molecule has 4 aliphatic carbocycles. The number of nitrogens with zero attached hydrogens (tertiary/aromatic N) is 12. The van der Waals surface area contributed by atoms with Crippen molar-refractivity contribution >= 4 is 176 Å². The van der Waals surface area contributed by atoms with Gasteiger partial charge in [0.2, 0.25) is 0 Å². The van der Waals surface area contributed by atoms with E-state index in [1.165, 1.54) is 25.3 Å². The van der Waals surface area contributed by atoms with Gasteiger partial charge in [-0.05, 0) is 235 Å². The number of hydrogen-bond donors (Lipinski definition) is 5. The minimum atomic E-state index is -2.01. The second kappa shape index (κ2) is 41.2. The Kier molecular flexibility index (Phi) is 31.2. The van der Waals surface area contributed by atoms with Crippen LogP contribution in [0.2, 0.25) is 77.0 Å². The highest BCUT2D eigenvalue weighted by Crippen LogP contribution is 2.57. The number of ether oxygens (including phenoxy) is 8. The molecule has 0 radical (unpaired) electrons. The number of aldehydes is 1. The molecule has 4 aromatic carbocycles. The Morgan fingerprint density at radius 3 is 0.950 bits per heavy atom. The van der Waals surface area contributed by atoms with Crippen molar-refractivity contribution in [3.8, 4) is 0 Å². The summed E-state index contributed by atoms with van der Waals surface area (Å²) in [5.41, 5.74) is 8.25. The number of hydrogen-bond acceptors (Lipinski definition) is 24. The third-order valence-corrected chi connectivity index (χ3v) is 40.9. The Bertz CT molecular complexity index is 6300. The molecule has 746 valence electrons. The van der Waals surface area contributed by atoms with Crippen LogP contribution in [0.1, 0.15) is 204 Å². The monoisotopic (exact) mass is 2160 g/mol. The Labute approximate surface area is 859 Å². The van der Waals surface area contributed by atoms with Crippen LogP contribution in [-0.2, 0) is 78.0 Å². The maximum absolute atomic E-state index is 11.9. The van der Waals surface area contributed by atoms with Crippen molar-refractivity contribution in [3.63, 3.8) is 0 Å². The van der Waals surface area contributed by atoms with Gasteiger partial charge < -0.3 is 95.3 Å². The molecule has 1 unspecified atom stereocenters. The number of halogens is 9. The largest absolute Gasteiger partial charge is 0.413 e.